The van der Waals surface area contributed by atoms with Crippen LogP contribution in [-0.4, -0.2) is 48.1 Å². The molecule has 1 aromatic heterocycles. The maximum absolute atomic E-state index is 12.3. The Morgan fingerprint density at radius 2 is 1.79 bits per heavy atom. The SMILES string of the molecule is Cc1cccc(/C=N/NC(=O)Cn2nc(N3CCN(c4ccc(Cl)cc4)CC3)ccc2=O)c1. The maximum atomic E-state index is 12.3. The molecule has 0 radical (unpaired) electrons. The lowest BCUT2D eigenvalue weighted by Gasteiger charge is -2.36. The van der Waals surface area contributed by atoms with E-state index in [9.17, 15) is 9.59 Å². The number of amides is 1. The third kappa shape index (κ3) is 5.98. The Hall–Kier alpha value is -3.65. The van der Waals surface area contributed by atoms with Gasteiger partial charge >= 0.3 is 0 Å². The van der Waals surface area contributed by atoms with Gasteiger partial charge in [-0.1, -0.05) is 41.4 Å². The topological polar surface area (TPSA) is 82.8 Å². The Labute approximate surface area is 197 Å². The number of rotatable bonds is 6. The number of carbonyl (C=O) groups is 1. The van der Waals surface area contributed by atoms with Crippen LogP contribution in [-0.2, 0) is 11.3 Å². The quantitative estimate of drug-likeness (QED) is 0.448. The Balaban J connectivity index is 1.35. The minimum Gasteiger partial charge on any atom is -0.368 e. The van der Waals surface area contributed by atoms with Gasteiger partial charge in [-0.15, -0.1) is 0 Å². The Morgan fingerprint density at radius 1 is 1.06 bits per heavy atom. The zero-order valence-corrected chi connectivity index (χ0v) is 19.1. The third-order valence-electron chi connectivity index (χ3n) is 5.39. The molecule has 3 aromatic rings. The molecule has 1 aliphatic heterocycles. The van der Waals surface area contributed by atoms with E-state index in [-0.39, 0.29) is 12.1 Å². The average molecular weight is 465 g/mol. The molecule has 0 aliphatic carbocycles. The minimum absolute atomic E-state index is 0.206. The molecule has 9 heteroatoms. The summed E-state index contributed by atoms with van der Waals surface area (Å²) in [6, 6.07) is 18.7. The normalized spacial score (nSPS) is 14.0. The summed E-state index contributed by atoms with van der Waals surface area (Å²) in [6.45, 7) is 4.91. The molecule has 0 unspecified atom stereocenters. The van der Waals surface area contributed by atoms with E-state index in [4.69, 9.17) is 11.6 Å². The molecular weight excluding hydrogens is 440 g/mol. The number of carbonyl (C=O) groups excluding carboxylic acids is 1. The van der Waals surface area contributed by atoms with E-state index in [1.807, 2.05) is 55.5 Å². The van der Waals surface area contributed by atoms with Gasteiger partial charge in [0.1, 0.15) is 12.4 Å². The van der Waals surface area contributed by atoms with Crippen molar-refractivity contribution in [3.05, 3.63) is 87.2 Å². The molecule has 2 heterocycles. The molecule has 0 bridgehead atoms. The van der Waals surface area contributed by atoms with Crippen LogP contribution in [0.15, 0.2) is 70.6 Å². The largest absolute Gasteiger partial charge is 0.368 e. The maximum Gasteiger partial charge on any atom is 0.267 e. The molecule has 1 aliphatic rings. The summed E-state index contributed by atoms with van der Waals surface area (Å²) in [5.41, 5.74) is 5.23. The summed E-state index contributed by atoms with van der Waals surface area (Å²) in [7, 11) is 0. The number of hydrazone groups is 1. The highest BCUT2D eigenvalue weighted by molar-refractivity contribution is 6.30. The van der Waals surface area contributed by atoms with Crippen molar-refractivity contribution in [3.63, 3.8) is 0 Å². The van der Waals surface area contributed by atoms with Crippen molar-refractivity contribution >= 4 is 35.2 Å². The second-order valence-electron chi connectivity index (χ2n) is 7.85. The standard InChI is InChI=1S/C24H25ClN6O2/c1-18-3-2-4-19(15-18)16-26-27-23(32)17-31-24(33)10-9-22(28-31)30-13-11-29(12-14-30)21-7-5-20(25)6-8-21/h2-10,15-16H,11-14,17H2,1H3,(H,27,32)/b26-16+. The summed E-state index contributed by atoms with van der Waals surface area (Å²) in [5.74, 6) is 0.250. The number of benzene rings is 2. The van der Waals surface area contributed by atoms with Crippen LogP contribution in [0.1, 0.15) is 11.1 Å². The molecule has 1 fully saturated rings. The zero-order chi connectivity index (χ0) is 23.2. The van der Waals surface area contributed by atoms with E-state index in [2.05, 4.69) is 25.4 Å². The van der Waals surface area contributed by atoms with E-state index in [0.29, 0.717) is 10.8 Å². The molecule has 170 valence electrons. The molecular formula is C24H25ClN6O2. The first-order valence-electron chi connectivity index (χ1n) is 10.7. The van der Waals surface area contributed by atoms with E-state index < -0.39 is 5.91 Å². The van der Waals surface area contributed by atoms with Crippen molar-refractivity contribution in [2.24, 2.45) is 5.10 Å². The number of aromatic nitrogens is 2. The predicted molar refractivity (Wildman–Crippen MR) is 131 cm³/mol. The Kier molecular flexibility index (Phi) is 7.04. The third-order valence-corrected chi connectivity index (χ3v) is 5.64. The van der Waals surface area contributed by atoms with E-state index >= 15 is 0 Å². The summed E-state index contributed by atoms with van der Waals surface area (Å²) in [6.07, 6.45) is 1.57. The number of nitrogens with zero attached hydrogens (tertiary/aromatic N) is 5. The molecule has 33 heavy (non-hydrogen) atoms. The first kappa shape index (κ1) is 22.5. The molecule has 1 amide bonds. The monoisotopic (exact) mass is 464 g/mol. The summed E-state index contributed by atoms with van der Waals surface area (Å²) in [4.78, 5) is 28.9. The van der Waals surface area contributed by atoms with Crippen molar-refractivity contribution in [2.45, 2.75) is 13.5 Å². The summed E-state index contributed by atoms with van der Waals surface area (Å²) >= 11 is 5.98. The van der Waals surface area contributed by atoms with Gasteiger partial charge in [-0.3, -0.25) is 9.59 Å². The van der Waals surface area contributed by atoms with Crippen LogP contribution in [0.5, 0.6) is 0 Å². The number of nitrogens with one attached hydrogen (secondary N) is 1. The zero-order valence-electron chi connectivity index (χ0n) is 18.3. The number of aryl methyl sites for hydroxylation is 1. The molecule has 4 rings (SSSR count). The van der Waals surface area contributed by atoms with Crippen LogP contribution in [0.25, 0.3) is 0 Å². The highest BCUT2D eigenvalue weighted by Crippen LogP contribution is 2.20. The van der Waals surface area contributed by atoms with Gasteiger partial charge in [-0.2, -0.15) is 10.2 Å². The van der Waals surface area contributed by atoms with Crippen molar-refractivity contribution in [3.8, 4) is 0 Å². The summed E-state index contributed by atoms with van der Waals surface area (Å²) in [5, 5.41) is 9.09. The van der Waals surface area contributed by atoms with Crippen molar-refractivity contribution in [1.29, 1.82) is 0 Å². The second kappa shape index (κ2) is 10.3. The van der Waals surface area contributed by atoms with Crippen LogP contribution < -0.4 is 20.8 Å². The molecule has 1 saturated heterocycles. The number of halogens is 1. The Bertz CT molecular complexity index is 1200. The molecule has 0 atom stereocenters. The number of anilines is 2. The van der Waals surface area contributed by atoms with Gasteiger partial charge < -0.3 is 9.80 Å². The van der Waals surface area contributed by atoms with Gasteiger partial charge in [0.15, 0.2) is 0 Å². The number of hydrogen-bond acceptors (Lipinski definition) is 6. The molecule has 0 spiro atoms. The van der Waals surface area contributed by atoms with Crippen LogP contribution in [0.3, 0.4) is 0 Å². The highest BCUT2D eigenvalue weighted by Gasteiger charge is 2.19. The fraction of sp³-hybridized carbons (Fsp3) is 0.250. The van der Waals surface area contributed by atoms with E-state index in [1.165, 1.54) is 10.7 Å². The van der Waals surface area contributed by atoms with E-state index in [0.717, 1.165) is 43.0 Å². The van der Waals surface area contributed by atoms with Crippen molar-refractivity contribution < 1.29 is 4.79 Å². The van der Waals surface area contributed by atoms with Gasteiger partial charge in [0.25, 0.3) is 11.5 Å². The smallest absolute Gasteiger partial charge is 0.267 e. The van der Waals surface area contributed by atoms with Crippen molar-refractivity contribution in [2.75, 3.05) is 36.0 Å². The fourth-order valence-corrected chi connectivity index (χ4v) is 3.79. The minimum atomic E-state index is -0.418. The van der Waals surface area contributed by atoms with Gasteiger partial charge in [0.05, 0.1) is 6.21 Å². The molecule has 8 nitrogen and oxygen atoms in total. The predicted octanol–water partition coefficient (Wildman–Crippen LogP) is 2.68. The van der Waals surface area contributed by atoms with Crippen molar-refractivity contribution in [1.82, 2.24) is 15.2 Å². The van der Waals surface area contributed by atoms with Crippen LogP contribution in [0.4, 0.5) is 11.5 Å². The van der Waals surface area contributed by atoms with Crippen LogP contribution >= 0.6 is 11.6 Å². The first-order valence-corrected chi connectivity index (χ1v) is 11.1. The molecule has 0 saturated carbocycles. The average Bonchev–Trinajstić information content (AvgIpc) is 2.81. The second-order valence-corrected chi connectivity index (χ2v) is 8.28. The number of hydrogen-bond donors (Lipinski definition) is 1. The summed E-state index contributed by atoms with van der Waals surface area (Å²) < 4.78 is 1.17. The highest BCUT2D eigenvalue weighted by atomic mass is 35.5. The molecule has 1 N–H and O–H groups in total. The van der Waals surface area contributed by atoms with E-state index in [1.54, 1.807) is 12.3 Å². The number of piperazine rings is 1. The van der Waals surface area contributed by atoms with Gasteiger partial charge in [-0.05, 0) is 42.8 Å². The van der Waals surface area contributed by atoms with Gasteiger partial charge in [0, 0.05) is 43.0 Å². The molecule has 2 aromatic carbocycles. The van der Waals surface area contributed by atoms with Gasteiger partial charge in [0.2, 0.25) is 0 Å². The fourth-order valence-electron chi connectivity index (χ4n) is 3.67. The lowest BCUT2D eigenvalue weighted by molar-refractivity contribution is -0.121. The van der Waals surface area contributed by atoms with Crippen LogP contribution in [0, 0.1) is 6.92 Å². The van der Waals surface area contributed by atoms with Crippen LogP contribution in [0.2, 0.25) is 5.02 Å². The van der Waals surface area contributed by atoms with Gasteiger partial charge in [-0.25, -0.2) is 10.1 Å². The lowest BCUT2D eigenvalue weighted by atomic mass is 10.2. The lowest BCUT2D eigenvalue weighted by Crippen LogP contribution is -2.47. The first-order chi connectivity index (χ1) is 16.0. The Morgan fingerprint density at radius 3 is 2.52 bits per heavy atom.